The van der Waals surface area contributed by atoms with Gasteiger partial charge in [-0.1, -0.05) is 13.8 Å². The Morgan fingerprint density at radius 3 is 2.07 bits per heavy atom. The average molecular weight is 422 g/mol. The normalized spacial score (nSPS) is 14.3. The number of anilines is 1. The summed E-state index contributed by atoms with van der Waals surface area (Å²) in [5, 5.41) is 0. The van der Waals surface area contributed by atoms with Gasteiger partial charge in [-0.2, -0.15) is 0 Å². The number of nitrogens with two attached hydrogens (primary N) is 1. The molecule has 1 aromatic rings. The summed E-state index contributed by atoms with van der Waals surface area (Å²) in [6.07, 6.45) is 1.44. The van der Waals surface area contributed by atoms with Gasteiger partial charge in [0.2, 0.25) is 5.91 Å². The third-order valence-corrected chi connectivity index (χ3v) is 5.46. The Hall–Kier alpha value is -1.37. The molecule has 0 aromatic heterocycles. The van der Waals surface area contributed by atoms with Crippen molar-refractivity contribution in [2.75, 3.05) is 37.6 Å². The van der Waals surface area contributed by atoms with Gasteiger partial charge in [0.05, 0.1) is 11.1 Å². The summed E-state index contributed by atoms with van der Waals surface area (Å²) in [5.41, 5.74) is 6.24. The van der Waals surface area contributed by atoms with Gasteiger partial charge in [0.25, 0.3) is 0 Å². The van der Waals surface area contributed by atoms with E-state index in [1.807, 2.05) is 23.6 Å². The predicted molar refractivity (Wildman–Crippen MR) is 112 cm³/mol. The van der Waals surface area contributed by atoms with Crippen molar-refractivity contribution in [3.8, 4) is 0 Å². The number of Topliss-reactive ketones (excluding diaryl/α,β-unsaturated/α-hetero) is 1. The fourth-order valence-corrected chi connectivity index (χ4v) is 3.40. The van der Waals surface area contributed by atoms with Crippen molar-refractivity contribution >= 4 is 42.2 Å². The molecule has 0 radical (unpaired) electrons. The Morgan fingerprint density at radius 1 is 1.11 bits per heavy atom. The van der Waals surface area contributed by atoms with E-state index < -0.39 is 11.2 Å². The fourth-order valence-electron chi connectivity index (χ4n) is 3.40. The van der Waals surface area contributed by atoms with E-state index in [2.05, 4.69) is 0 Å². The van der Waals surface area contributed by atoms with Crippen molar-refractivity contribution in [2.45, 2.75) is 33.6 Å². The Kier molecular flexibility index (Phi) is 10.3. The molecule has 1 aliphatic heterocycles. The first-order valence-corrected chi connectivity index (χ1v) is 8.93. The zero-order valence-corrected chi connectivity index (χ0v) is 17.8. The Balaban J connectivity index is 0.00000338. The lowest BCUT2D eigenvalue weighted by Gasteiger charge is -2.41. The van der Waals surface area contributed by atoms with Gasteiger partial charge >= 0.3 is 0 Å². The van der Waals surface area contributed by atoms with Gasteiger partial charge in [-0.25, -0.2) is 4.39 Å². The smallest absolute Gasteiger partial charge is 0.230 e. The summed E-state index contributed by atoms with van der Waals surface area (Å²) in [6.45, 7) is 7.99. The molecule has 2 rings (SSSR count). The summed E-state index contributed by atoms with van der Waals surface area (Å²) in [5.74, 6) is -0.448. The van der Waals surface area contributed by atoms with Crippen LogP contribution in [0.3, 0.4) is 0 Å². The Bertz CT molecular complexity index is 638. The molecule has 0 bridgehead atoms. The average Bonchev–Trinajstić information content (AvgIpc) is 2.63. The van der Waals surface area contributed by atoms with Gasteiger partial charge in [-0.05, 0) is 38.0 Å². The highest BCUT2D eigenvalue weighted by atomic mass is 35.5. The van der Waals surface area contributed by atoms with E-state index in [0.29, 0.717) is 44.0 Å². The number of hydrogen-bond acceptors (Lipinski definition) is 4. The van der Waals surface area contributed by atoms with Gasteiger partial charge < -0.3 is 15.5 Å². The maximum Gasteiger partial charge on any atom is 0.230 e. The second-order valence-electron chi connectivity index (χ2n) is 6.69. The number of benzene rings is 1. The van der Waals surface area contributed by atoms with Crippen molar-refractivity contribution < 1.29 is 14.0 Å². The minimum Gasteiger partial charge on any atom is -0.366 e. The monoisotopic (exact) mass is 421 g/mol. The molecule has 0 aliphatic carbocycles. The number of ketones is 1. The second kappa shape index (κ2) is 10.8. The number of amides is 1. The van der Waals surface area contributed by atoms with Crippen molar-refractivity contribution in [2.24, 2.45) is 11.1 Å². The van der Waals surface area contributed by atoms with E-state index >= 15 is 0 Å². The molecule has 27 heavy (non-hydrogen) atoms. The van der Waals surface area contributed by atoms with E-state index in [9.17, 15) is 14.0 Å². The molecular weight excluding hydrogens is 392 g/mol. The highest BCUT2D eigenvalue weighted by Crippen LogP contribution is 2.29. The Labute approximate surface area is 173 Å². The van der Waals surface area contributed by atoms with Crippen LogP contribution in [0.25, 0.3) is 0 Å². The van der Waals surface area contributed by atoms with E-state index in [4.69, 9.17) is 5.73 Å². The maximum atomic E-state index is 14.3. The van der Waals surface area contributed by atoms with Gasteiger partial charge in [0.15, 0.2) is 5.78 Å². The molecule has 1 aromatic carbocycles. The third-order valence-electron chi connectivity index (χ3n) is 5.46. The summed E-state index contributed by atoms with van der Waals surface area (Å²) in [4.78, 5) is 28.0. The highest BCUT2D eigenvalue weighted by molar-refractivity contribution is 5.94. The van der Waals surface area contributed by atoms with Crippen LogP contribution in [0.4, 0.5) is 10.1 Å². The fraction of sp³-hybridized carbons (Fsp3) is 0.579. The molecule has 5 nitrogen and oxygen atoms in total. The molecule has 1 heterocycles. The molecule has 1 amide bonds. The molecule has 0 spiro atoms. The van der Waals surface area contributed by atoms with Crippen LogP contribution in [-0.4, -0.2) is 49.3 Å². The second-order valence-corrected chi connectivity index (χ2v) is 6.69. The first-order chi connectivity index (χ1) is 11.9. The first kappa shape index (κ1) is 25.6. The highest BCUT2D eigenvalue weighted by Gasteiger charge is 2.38. The number of halogens is 3. The Morgan fingerprint density at radius 2 is 1.67 bits per heavy atom. The number of carbonyl (C=O) groups excluding carboxylic acids is 2. The van der Waals surface area contributed by atoms with Gasteiger partial charge in [-0.3, -0.25) is 9.59 Å². The van der Waals surface area contributed by atoms with Gasteiger partial charge in [0, 0.05) is 38.3 Å². The molecule has 2 N–H and O–H groups in total. The van der Waals surface area contributed by atoms with Crippen molar-refractivity contribution in [1.82, 2.24) is 4.90 Å². The molecule has 154 valence electrons. The SMILES string of the molecule is CCC(CC)(CN)C(=O)N1CCN(c2ccc(C(C)=O)cc2F)CC1.Cl.Cl. The molecule has 0 unspecified atom stereocenters. The lowest BCUT2D eigenvalue weighted by atomic mass is 9.81. The minimum atomic E-state index is -0.490. The zero-order valence-electron chi connectivity index (χ0n) is 16.2. The molecule has 0 atom stereocenters. The predicted octanol–water partition coefficient (Wildman–Crippen LogP) is 3.29. The van der Waals surface area contributed by atoms with E-state index in [-0.39, 0.29) is 36.5 Å². The lowest BCUT2D eigenvalue weighted by molar-refractivity contribution is -0.142. The van der Waals surface area contributed by atoms with Gasteiger partial charge in [-0.15, -0.1) is 24.8 Å². The van der Waals surface area contributed by atoms with E-state index in [0.717, 1.165) is 12.8 Å². The van der Waals surface area contributed by atoms with Crippen molar-refractivity contribution in [3.05, 3.63) is 29.6 Å². The maximum absolute atomic E-state index is 14.3. The molecule has 0 saturated carbocycles. The molecular formula is C19H30Cl2FN3O2. The number of nitrogens with zero attached hydrogens (tertiary/aromatic N) is 2. The quantitative estimate of drug-likeness (QED) is 0.715. The lowest BCUT2D eigenvalue weighted by Crippen LogP contribution is -2.55. The summed E-state index contributed by atoms with van der Waals surface area (Å²) < 4.78 is 14.3. The minimum absolute atomic E-state index is 0. The van der Waals surface area contributed by atoms with E-state index in [1.165, 1.54) is 13.0 Å². The van der Waals surface area contributed by atoms with Crippen LogP contribution in [0, 0.1) is 11.2 Å². The van der Waals surface area contributed by atoms with Gasteiger partial charge in [0.1, 0.15) is 5.82 Å². The van der Waals surface area contributed by atoms with E-state index in [1.54, 1.807) is 12.1 Å². The standard InChI is InChI=1S/C19H28FN3O2.2ClH/c1-4-19(5-2,13-21)18(25)23-10-8-22(9-11-23)17-7-6-15(14(3)24)12-16(17)20;;/h6-7,12H,4-5,8-11,13,21H2,1-3H3;2*1H. The first-order valence-electron chi connectivity index (χ1n) is 8.93. The molecule has 1 saturated heterocycles. The number of piperazine rings is 1. The van der Waals surface area contributed by atoms with Crippen LogP contribution in [-0.2, 0) is 4.79 Å². The topological polar surface area (TPSA) is 66.6 Å². The third kappa shape index (κ3) is 5.33. The number of carbonyl (C=O) groups is 2. The van der Waals surface area contributed by atoms with Crippen LogP contribution >= 0.6 is 24.8 Å². The van der Waals surface area contributed by atoms with Crippen molar-refractivity contribution in [3.63, 3.8) is 0 Å². The number of rotatable bonds is 6. The molecule has 8 heteroatoms. The molecule has 1 aliphatic rings. The van der Waals surface area contributed by atoms with Crippen LogP contribution in [0.5, 0.6) is 0 Å². The number of hydrogen-bond donors (Lipinski definition) is 1. The summed E-state index contributed by atoms with van der Waals surface area (Å²) in [7, 11) is 0. The molecule has 1 fully saturated rings. The van der Waals surface area contributed by atoms with Crippen molar-refractivity contribution in [1.29, 1.82) is 0 Å². The van der Waals surface area contributed by atoms with Crippen LogP contribution in [0.2, 0.25) is 0 Å². The zero-order chi connectivity index (χ0) is 18.6. The summed E-state index contributed by atoms with van der Waals surface area (Å²) in [6, 6.07) is 4.57. The summed E-state index contributed by atoms with van der Waals surface area (Å²) >= 11 is 0. The van der Waals surface area contributed by atoms with Crippen LogP contribution < -0.4 is 10.6 Å². The van der Waals surface area contributed by atoms with Crippen LogP contribution in [0.1, 0.15) is 44.0 Å². The van der Waals surface area contributed by atoms with Crippen LogP contribution in [0.15, 0.2) is 18.2 Å². The largest absolute Gasteiger partial charge is 0.366 e.